The van der Waals surface area contributed by atoms with E-state index in [4.69, 9.17) is 0 Å². The molecule has 16 heavy (non-hydrogen) atoms. The van der Waals surface area contributed by atoms with Gasteiger partial charge in [0.05, 0.1) is 17.1 Å². The van der Waals surface area contributed by atoms with Crippen molar-refractivity contribution in [3.63, 3.8) is 0 Å². The van der Waals surface area contributed by atoms with Crippen molar-refractivity contribution >= 4 is 11.5 Å². The molecule has 7 heteroatoms. The molecule has 86 valence electrons. The van der Waals surface area contributed by atoms with Crippen molar-refractivity contribution in [2.45, 2.75) is 12.5 Å². The SMILES string of the molecule is O=[N+]([O-])c1cnc(N2CCC(O)C2)c(F)c1. The molecule has 1 aliphatic heterocycles. The Morgan fingerprint density at radius 2 is 2.44 bits per heavy atom. The van der Waals surface area contributed by atoms with Gasteiger partial charge in [0.15, 0.2) is 11.6 Å². The molecule has 0 bridgehead atoms. The number of pyridine rings is 1. The van der Waals surface area contributed by atoms with Crippen LogP contribution in [0.3, 0.4) is 0 Å². The third kappa shape index (κ3) is 1.94. The van der Waals surface area contributed by atoms with Crippen LogP contribution in [0.1, 0.15) is 6.42 Å². The zero-order valence-corrected chi connectivity index (χ0v) is 8.34. The Hall–Kier alpha value is -1.76. The molecule has 0 spiro atoms. The second-order valence-electron chi connectivity index (χ2n) is 3.64. The van der Waals surface area contributed by atoms with Gasteiger partial charge in [-0.05, 0) is 6.42 Å². The van der Waals surface area contributed by atoms with Crippen molar-refractivity contribution in [3.8, 4) is 0 Å². The number of aromatic nitrogens is 1. The maximum absolute atomic E-state index is 13.5. The molecule has 2 rings (SSSR count). The predicted molar refractivity (Wildman–Crippen MR) is 53.7 cm³/mol. The molecule has 1 unspecified atom stereocenters. The molecule has 1 saturated heterocycles. The molecule has 1 atom stereocenters. The Balaban J connectivity index is 2.26. The molecule has 0 radical (unpaired) electrons. The van der Waals surface area contributed by atoms with Crippen LogP contribution in [0.4, 0.5) is 15.9 Å². The molecule has 1 aliphatic rings. The molecule has 1 N–H and O–H groups in total. The Bertz CT molecular complexity index is 426. The molecule has 0 aromatic carbocycles. The van der Waals surface area contributed by atoms with Crippen molar-refractivity contribution in [2.75, 3.05) is 18.0 Å². The topological polar surface area (TPSA) is 79.5 Å². The Morgan fingerprint density at radius 1 is 1.69 bits per heavy atom. The number of hydrogen-bond donors (Lipinski definition) is 1. The number of β-amino-alcohol motifs (C(OH)–C–C–N with tert-alkyl or cyclic N) is 1. The number of nitrogens with zero attached hydrogens (tertiary/aromatic N) is 3. The van der Waals surface area contributed by atoms with Gasteiger partial charge in [-0.15, -0.1) is 0 Å². The van der Waals surface area contributed by atoms with Gasteiger partial charge in [0, 0.05) is 13.1 Å². The zero-order valence-electron chi connectivity index (χ0n) is 8.34. The summed E-state index contributed by atoms with van der Waals surface area (Å²) in [6.45, 7) is 0.810. The van der Waals surface area contributed by atoms with Crippen LogP contribution < -0.4 is 4.90 Å². The van der Waals surface area contributed by atoms with Gasteiger partial charge in [0.2, 0.25) is 0 Å². The lowest BCUT2D eigenvalue weighted by Crippen LogP contribution is -2.23. The molecule has 0 aliphatic carbocycles. The number of halogens is 1. The van der Waals surface area contributed by atoms with Crippen molar-refractivity contribution in [3.05, 3.63) is 28.2 Å². The number of hydrogen-bond acceptors (Lipinski definition) is 5. The summed E-state index contributed by atoms with van der Waals surface area (Å²) in [5.41, 5.74) is -0.374. The highest BCUT2D eigenvalue weighted by molar-refractivity contribution is 5.45. The van der Waals surface area contributed by atoms with E-state index in [0.29, 0.717) is 19.5 Å². The number of rotatable bonds is 2. The first-order valence-electron chi connectivity index (χ1n) is 4.81. The summed E-state index contributed by atoms with van der Waals surface area (Å²) in [6.07, 6.45) is 1.08. The summed E-state index contributed by atoms with van der Waals surface area (Å²) in [4.78, 5) is 15.0. The molecule has 0 amide bonds. The third-order valence-corrected chi connectivity index (χ3v) is 2.48. The maximum atomic E-state index is 13.5. The van der Waals surface area contributed by atoms with Gasteiger partial charge in [0.25, 0.3) is 5.69 Å². The van der Waals surface area contributed by atoms with Crippen LogP contribution in [-0.2, 0) is 0 Å². The summed E-state index contributed by atoms with van der Waals surface area (Å²) in [7, 11) is 0. The van der Waals surface area contributed by atoms with E-state index in [9.17, 15) is 19.6 Å². The molecule has 2 heterocycles. The fourth-order valence-electron chi connectivity index (χ4n) is 1.69. The largest absolute Gasteiger partial charge is 0.391 e. The Kier molecular flexibility index (Phi) is 2.69. The van der Waals surface area contributed by atoms with E-state index < -0.39 is 16.8 Å². The predicted octanol–water partition coefficient (Wildman–Crippen LogP) is 0.700. The summed E-state index contributed by atoms with van der Waals surface area (Å²) < 4.78 is 13.5. The van der Waals surface area contributed by atoms with E-state index in [2.05, 4.69) is 4.98 Å². The highest BCUT2D eigenvalue weighted by Gasteiger charge is 2.24. The van der Waals surface area contributed by atoms with Gasteiger partial charge in [-0.3, -0.25) is 10.1 Å². The van der Waals surface area contributed by atoms with Crippen LogP contribution in [-0.4, -0.2) is 34.2 Å². The first-order valence-corrected chi connectivity index (χ1v) is 4.81. The van der Waals surface area contributed by atoms with Gasteiger partial charge < -0.3 is 10.0 Å². The summed E-state index contributed by atoms with van der Waals surface area (Å²) in [5.74, 6) is -0.676. The molecule has 1 fully saturated rings. The van der Waals surface area contributed by atoms with Gasteiger partial charge in [0.1, 0.15) is 6.20 Å². The molecule has 1 aromatic heterocycles. The molecule has 1 aromatic rings. The first kappa shape index (κ1) is 10.7. The second kappa shape index (κ2) is 4.01. The maximum Gasteiger partial charge on any atom is 0.290 e. The minimum atomic E-state index is -0.733. The highest BCUT2D eigenvalue weighted by Crippen LogP contribution is 2.24. The van der Waals surface area contributed by atoms with Crippen LogP contribution in [0.2, 0.25) is 0 Å². The summed E-state index contributed by atoms with van der Waals surface area (Å²) in [5, 5.41) is 19.7. The number of aliphatic hydroxyl groups excluding tert-OH is 1. The van der Waals surface area contributed by atoms with Crippen molar-refractivity contribution in [1.29, 1.82) is 0 Å². The zero-order chi connectivity index (χ0) is 11.7. The lowest BCUT2D eigenvalue weighted by Gasteiger charge is -2.16. The standard InChI is InChI=1S/C9H10FN3O3/c10-8-3-6(13(15)16)4-11-9(8)12-2-1-7(14)5-12/h3-4,7,14H,1-2,5H2. The van der Waals surface area contributed by atoms with Gasteiger partial charge in [-0.1, -0.05) is 0 Å². The van der Waals surface area contributed by atoms with E-state index in [-0.39, 0.29) is 11.5 Å². The fourth-order valence-corrected chi connectivity index (χ4v) is 1.69. The molecular formula is C9H10FN3O3. The normalized spacial score (nSPS) is 20.1. The molecule has 0 saturated carbocycles. The van der Waals surface area contributed by atoms with Crippen LogP contribution in [0.5, 0.6) is 0 Å². The lowest BCUT2D eigenvalue weighted by molar-refractivity contribution is -0.385. The van der Waals surface area contributed by atoms with Crippen molar-refractivity contribution in [1.82, 2.24) is 4.98 Å². The average Bonchev–Trinajstić information content (AvgIpc) is 2.64. The van der Waals surface area contributed by atoms with E-state index in [1.165, 1.54) is 0 Å². The fraction of sp³-hybridized carbons (Fsp3) is 0.444. The van der Waals surface area contributed by atoms with Crippen LogP contribution in [0.25, 0.3) is 0 Å². The van der Waals surface area contributed by atoms with Crippen LogP contribution in [0.15, 0.2) is 12.3 Å². The van der Waals surface area contributed by atoms with Gasteiger partial charge in [-0.2, -0.15) is 0 Å². The minimum Gasteiger partial charge on any atom is -0.391 e. The lowest BCUT2D eigenvalue weighted by atomic mass is 10.3. The average molecular weight is 227 g/mol. The smallest absolute Gasteiger partial charge is 0.290 e. The minimum absolute atomic E-state index is 0.0575. The monoisotopic (exact) mass is 227 g/mol. The first-order chi connectivity index (χ1) is 7.58. The number of nitro groups is 1. The van der Waals surface area contributed by atoms with E-state index in [0.717, 1.165) is 12.3 Å². The number of aliphatic hydroxyl groups is 1. The van der Waals surface area contributed by atoms with Crippen molar-refractivity contribution in [2.24, 2.45) is 0 Å². The third-order valence-electron chi connectivity index (χ3n) is 2.48. The van der Waals surface area contributed by atoms with Gasteiger partial charge in [-0.25, -0.2) is 9.37 Å². The molecule has 6 nitrogen and oxygen atoms in total. The number of anilines is 1. The van der Waals surface area contributed by atoms with Crippen LogP contribution >= 0.6 is 0 Å². The van der Waals surface area contributed by atoms with Gasteiger partial charge >= 0.3 is 0 Å². The van der Waals surface area contributed by atoms with E-state index in [1.807, 2.05) is 0 Å². The quantitative estimate of drug-likeness (QED) is 0.594. The Labute approximate surface area is 90.5 Å². The van der Waals surface area contributed by atoms with Crippen molar-refractivity contribution < 1.29 is 14.4 Å². The second-order valence-corrected chi connectivity index (χ2v) is 3.64. The summed E-state index contributed by atoms with van der Waals surface area (Å²) >= 11 is 0. The van der Waals surface area contributed by atoms with Crippen LogP contribution in [0, 0.1) is 15.9 Å². The summed E-state index contributed by atoms with van der Waals surface area (Å²) in [6, 6.07) is 0.840. The van der Waals surface area contributed by atoms with E-state index in [1.54, 1.807) is 4.90 Å². The Morgan fingerprint density at radius 3 is 2.94 bits per heavy atom. The van der Waals surface area contributed by atoms with E-state index >= 15 is 0 Å². The molecular weight excluding hydrogens is 217 g/mol. The highest BCUT2D eigenvalue weighted by atomic mass is 19.1.